The lowest BCUT2D eigenvalue weighted by Crippen LogP contribution is -3.12. The number of nitrogens with one attached hydrogen (secondary N) is 2. The summed E-state index contributed by atoms with van der Waals surface area (Å²) in [5.74, 6) is -3.03. The Morgan fingerprint density at radius 3 is 2.48 bits per heavy atom. The van der Waals surface area contributed by atoms with E-state index in [0.29, 0.717) is 11.6 Å². The van der Waals surface area contributed by atoms with Crippen LogP contribution in [0.2, 0.25) is 0 Å². The maximum atomic E-state index is 13.6. The van der Waals surface area contributed by atoms with E-state index < -0.39 is 29.6 Å². The highest BCUT2D eigenvalue weighted by Crippen LogP contribution is 2.16. The number of benzene rings is 2. The minimum atomic E-state index is -1.15. The fourth-order valence-electron chi connectivity index (χ4n) is 2.99. The van der Waals surface area contributed by atoms with Crippen LogP contribution < -0.4 is 10.2 Å². The first-order chi connectivity index (χ1) is 13.9. The maximum absolute atomic E-state index is 13.6. The molecule has 2 N–H and O–H groups in total. The molecule has 0 saturated carbocycles. The molecule has 0 aromatic heterocycles. The molecule has 0 aliphatic carbocycles. The Hall–Kier alpha value is -2.84. The SMILES string of the molecule is C[C@@H](OC(=O)c1ccc(C[NH+]2CCOCC2)cc1)C(=O)Nc1ccc(F)cc1F. The first kappa shape index (κ1) is 20.9. The van der Waals surface area contributed by atoms with Crippen molar-refractivity contribution >= 4 is 17.6 Å². The third-order valence-electron chi connectivity index (χ3n) is 4.69. The van der Waals surface area contributed by atoms with Crippen LogP contribution in [0.3, 0.4) is 0 Å². The Kier molecular flexibility index (Phi) is 6.90. The molecule has 154 valence electrons. The predicted octanol–water partition coefficient (Wildman–Crippen LogP) is 1.56. The van der Waals surface area contributed by atoms with Crippen molar-refractivity contribution in [2.75, 3.05) is 31.6 Å². The van der Waals surface area contributed by atoms with E-state index in [4.69, 9.17) is 9.47 Å². The van der Waals surface area contributed by atoms with E-state index in [1.807, 2.05) is 12.1 Å². The minimum Gasteiger partial charge on any atom is -0.449 e. The maximum Gasteiger partial charge on any atom is 0.338 e. The molecule has 0 radical (unpaired) electrons. The van der Waals surface area contributed by atoms with Gasteiger partial charge in [0, 0.05) is 11.6 Å². The van der Waals surface area contributed by atoms with Gasteiger partial charge in [0.15, 0.2) is 6.10 Å². The topological polar surface area (TPSA) is 69.1 Å². The molecule has 0 unspecified atom stereocenters. The van der Waals surface area contributed by atoms with E-state index in [1.165, 1.54) is 11.8 Å². The average Bonchev–Trinajstić information content (AvgIpc) is 2.71. The van der Waals surface area contributed by atoms with Crippen LogP contribution in [0.5, 0.6) is 0 Å². The molecule has 2 aromatic rings. The lowest BCUT2D eigenvalue weighted by Gasteiger charge is -2.23. The van der Waals surface area contributed by atoms with Crippen molar-refractivity contribution in [2.45, 2.75) is 19.6 Å². The molecule has 1 heterocycles. The van der Waals surface area contributed by atoms with Crippen LogP contribution in [0.1, 0.15) is 22.8 Å². The number of carbonyl (C=O) groups excluding carboxylic acids is 2. The van der Waals surface area contributed by atoms with E-state index in [0.717, 1.165) is 50.5 Å². The van der Waals surface area contributed by atoms with Crippen LogP contribution in [0.15, 0.2) is 42.5 Å². The number of anilines is 1. The zero-order valence-corrected chi connectivity index (χ0v) is 16.0. The van der Waals surface area contributed by atoms with Crippen molar-refractivity contribution < 1.29 is 32.7 Å². The zero-order valence-electron chi connectivity index (χ0n) is 16.0. The Bertz CT molecular complexity index is 867. The van der Waals surface area contributed by atoms with Gasteiger partial charge in [0.1, 0.15) is 31.3 Å². The first-order valence-corrected chi connectivity index (χ1v) is 9.39. The normalized spacial score (nSPS) is 15.6. The number of halogens is 2. The second-order valence-electron chi connectivity index (χ2n) is 6.90. The van der Waals surface area contributed by atoms with E-state index in [9.17, 15) is 18.4 Å². The number of quaternary nitrogens is 1. The van der Waals surface area contributed by atoms with Gasteiger partial charge in [-0.15, -0.1) is 0 Å². The van der Waals surface area contributed by atoms with Gasteiger partial charge in [0.25, 0.3) is 5.91 Å². The highest BCUT2D eigenvalue weighted by Gasteiger charge is 2.21. The van der Waals surface area contributed by atoms with Crippen LogP contribution >= 0.6 is 0 Å². The molecular weight excluding hydrogens is 382 g/mol. The lowest BCUT2D eigenvalue weighted by molar-refractivity contribution is -0.921. The van der Waals surface area contributed by atoms with E-state index in [2.05, 4.69) is 5.32 Å². The second kappa shape index (κ2) is 9.58. The number of morpholine rings is 1. The molecular formula is C21H23F2N2O4+. The van der Waals surface area contributed by atoms with Gasteiger partial charge >= 0.3 is 5.97 Å². The van der Waals surface area contributed by atoms with Crippen molar-refractivity contribution in [1.29, 1.82) is 0 Å². The van der Waals surface area contributed by atoms with Gasteiger partial charge in [-0.05, 0) is 31.2 Å². The van der Waals surface area contributed by atoms with Crippen molar-refractivity contribution in [3.63, 3.8) is 0 Å². The number of esters is 1. The molecule has 1 aliphatic rings. The van der Waals surface area contributed by atoms with Gasteiger partial charge in [0.05, 0.1) is 24.5 Å². The molecule has 1 atom stereocenters. The van der Waals surface area contributed by atoms with Crippen molar-refractivity contribution in [1.82, 2.24) is 0 Å². The number of carbonyl (C=O) groups is 2. The number of hydrogen-bond donors (Lipinski definition) is 2. The van der Waals surface area contributed by atoms with Crippen LogP contribution in [0.25, 0.3) is 0 Å². The predicted molar refractivity (Wildman–Crippen MR) is 102 cm³/mol. The van der Waals surface area contributed by atoms with Gasteiger partial charge in [0.2, 0.25) is 0 Å². The molecule has 29 heavy (non-hydrogen) atoms. The van der Waals surface area contributed by atoms with Crippen LogP contribution in [0.4, 0.5) is 14.5 Å². The quantitative estimate of drug-likeness (QED) is 0.716. The highest BCUT2D eigenvalue weighted by atomic mass is 19.1. The molecule has 1 amide bonds. The fraction of sp³-hybridized carbons (Fsp3) is 0.333. The van der Waals surface area contributed by atoms with E-state index in [1.54, 1.807) is 12.1 Å². The summed E-state index contributed by atoms with van der Waals surface area (Å²) in [7, 11) is 0. The number of amides is 1. The monoisotopic (exact) mass is 405 g/mol. The summed E-state index contributed by atoms with van der Waals surface area (Å²) in [6.45, 7) is 5.63. The van der Waals surface area contributed by atoms with Crippen molar-refractivity contribution in [2.24, 2.45) is 0 Å². The second-order valence-corrected chi connectivity index (χ2v) is 6.90. The zero-order chi connectivity index (χ0) is 20.8. The molecule has 1 aliphatic heterocycles. The Balaban J connectivity index is 1.53. The molecule has 0 spiro atoms. The lowest BCUT2D eigenvalue weighted by atomic mass is 10.1. The van der Waals surface area contributed by atoms with E-state index in [-0.39, 0.29) is 5.69 Å². The van der Waals surface area contributed by atoms with Gasteiger partial charge in [-0.3, -0.25) is 4.79 Å². The molecule has 0 bridgehead atoms. The molecule has 2 aromatic carbocycles. The Labute approximate surface area is 167 Å². The summed E-state index contributed by atoms with van der Waals surface area (Å²) >= 11 is 0. The minimum absolute atomic E-state index is 0.186. The first-order valence-electron chi connectivity index (χ1n) is 9.39. The summed E-state index contributed by atoms with van der Waals surface area (Å²) in [6.07, 6.45) is -1.15. The standard InChI is InChI=1S/C21H22F2N2O4/c1-14(20(26)24-19-7-6-17(22)12-18(19)23)29-21(27)16-4-2-15(3-5-16)13-25-8-10-28-11-9-25/h2-7,12,14H,8-11,13H2,1H3,(H,24,26)/p+1/t14-/m1/s1. The molecule has 8 heteroatoms. The van der Waals surface area contributed by atoms with Gasteiger partial charge in [-0.1, -0.05) is 12.1 Å². The molecule has 3 rings (SSSR count). The summed E-state index contributed by atoms with van der Waals surface area (Å²) in [5.41, 5.74) is 1.23. The molecule has 1 fully saturated rings. The van der Waals surface area contributed by atoms with Crippen LogP contribution in [-0.2, 0) is 20.8 Å². The summed E-state index contributed by atoms with van der Waals surface area (Å²) in [5, 5.41) is 2.28. The van der Waals surface area contributed by atoms with Crippen molar-refractivity contribution in [3.05, 3.63) is 65.2 Å². The Morgan fingerprint density at radius 1 is 1.14 bits per heavy atom. The summed E-state index contributed by atoms with van der Waals surface area (Å²) in [6, 6.07) is 9.81. The molecule has 1 saturated heterocycles. The largest absolute Gasteiger partial charge is 0.449 e. The number of ether oxygens (including phenoxy) is 2. The van der Waals surface area contributed by atoms with Crippen molar-refractivity contribution in [3.8, 4) is 0 Å². The average molecular weight is 405 g/mol. The summed E-state index contributed by atoms with van der Waals surface area (Å²) in [4.78, 5) is 25.8. The smallest absolute Gasteiger partial charge is 0.338 e. The van der Waals surface area contributed by atoms with Gasteiger partial charge in [-0.2, -0.15) is 0 Å². The highest BCUT2D eigenvalue weighted by molar-refractivity contribution is 5.97. The van der Waals surface area contributed by atoms with Crippen LogP contribution in [0, 0.1) is 11.6 Å². The summed E-state index contributed by atoms with van der Waals surface area (Å²) < 4.78 is 37.1. The van der Waals surface area contributed by atoms with Crippen LogP contribution in [-0.4, -0.2) is 44.3 Å². The number of rotatable bonds is 6. The fourth-order valence-corrected chi connectivity index (χ4v) is 2.99. The number of hydrogen-bond acceptors (Lipinski definition) is 4. The van der Waals surface area contributed by atoms with E-state index >= 15 is 0 Å². The van der Waals surface area contributed by atoms with Gasteiger partial charge in [-0.25, -0.2) is 13.6 Å². The third kappa shape index (κ3) is 5.82. The third-order valence-corrected chi connectivity index (χ3v) is 4.69. The van der Waals surface area contributed by atoms with Gasteiger partial charge < -0.3 is 19.7 Å². The molecule has 6 nitrogen and oxygen atoms in total. The Morgan fingerprint density at radius 2 is 1.83 bits per heavy atom.